The van der Waals surface area contributed by atoms with Crippen LogP contribution in [0.2, 0.25) is 0 Å². The Morgan fingerprint density at radius 3 is 2.57 bits per heavy atom. The van der Waals surface area contributed by atoms with Gasteiger partial charge in [-0.25, -0.2) is 13.1 Å². The summed E-state index contributed by atoms with van der Waals surface area (Å²) in [6.07, 6.45) is 0. The SMILES string of the molecule is CCNS(=O)(=O)c1ccccc1NCc1cc(Br)c(Br)o1. The van der Waals surface area contributed by atoms with Crippen molar-refractivity contribution in [2.45, 2.75) is 18.4 Å². The first-order chi connectivity index (χ1) is 9.94. The monoisotopic (exact) mass is 436 g/mol. The van der Waals surface area contributed by atoms with Crippen molar-refractivity contribution in [2.75, 3.05) is 11.9 Å². The molecule has 0 saturated carbocycles. The van der Waals surface area contributed by atoms with E-state index in [0.29, 0.717) is 29.2 Å². The highest BCUT2D eigenvalue weighted by atomic mass is 79.9. The van der Waals surface area contributed by atoms with E-state index < -0.39 is 10.0 Å². The summed E-state index contributed by atoms with van der Waals surface area (Å²) in [5, 5.41) is 3.08. The minimum Gasteiger partial charge on any atom is -0.451 e. The zero-order chi connectivity index (χ0) is 15.5. The fraction of sp³-hybridized carbons (Fsp3) is 0.231. The zero-order valence-corrected chi connectivity index (χ0v) is 15.2. The Morgan fingerprint density at radius 1 is 1.24 bits per heavy atom. The van der Waals surface area contributed by atoms with Gasteiger partial charge in [-0.1, -0.05) is 19.1 Å². The van der Waals surface area contributed by atoms with Gasteiger partial charge in [-0.15, -0.1) is 0 Å². The van der Waals surface area contributed by atoms with Crippen molar-refractivity contribution in [2.24, 2.45) is 0 Å². The van der Waals surface area contributed by atoms with Crippen molar-refractivity contribution in [3.63, 3.8) is 0 Å². The molecule has 21 heavy (non-hydrogen) atoms. The van der Waals surface area contributed by atoms with E-state index in [1.54, 1.807) is 31.2 Å². The molecule has 1 heterocycles. The Morgan fingerprint density at radius 2 is 1.95 bits per heavy atom. The number of sulfonamides is 1. The molecule has 0 bridgehead atoms. The number of nitrogens with one attached hydrogen (secondary N) is 2. The Bertz CT molecular complexity index is 709. The Balaban J connectivity index is 2.21. The number of furan rings is 1. The second-order valence-corrected chi connectivity index (χ2v) is 7.50. The van der Waals surface area contributed by atoms with Crippen molar-refractivity contribution in [3.8, 4) is 0 Å². The van der Waals surface area contributed by atoms with Gasteiger partial charge in [0.05, 0.1) is 16.7 Å². The van der Waals surface area contributed by atoms with Crippen molar-refractivity contribution in [1.29, 1.82) is 0 Å². The van der Waals surface area contributed by atoms with Crippen LogP contribution in [0.1, 0.15) is 12.7 Å². The van der Waals surface area contributed by atoms with Gasteiger partial charge < -0.3 is 9.73 Å². The average molecular weight is 438 g/mol. The predicted molar refractivity (Wildman–Crippen MR) is 88.7 cm³/mol. The molecule has 0 aliphatic rings. The summed E-state index contributed by atoms with van der Waals surface area (Å²) in [6, 6.07) is 8.57. The smallest absolute Gasteiger partial charge is 0.242 e. The zero-order valence-electron chi connectivity index (χ0n) is 11.2. The Hall–Kier alpha value is -0.830. The first-order valence-corrected chi connectivity index (χ1v) is 9.27. The van der Waals surface area contributed by atoms with Crippen LogP contribution >= 0.6 is 31.9 Å². The Kier molecular flexibility index (Phi) is 5.48. The van der Waals surface area contributed by atoms with Crippen LogP contribution in [0.3, 0.4) is 0 Å². The topological polar surface area (TPSA) is 71.3 Å². The standard InChI is InChI=1S/C13H14Br2N2O3S/c1-2-17-21(18,19)12-6-4-3-5-11(12)16-8-9-7-10(14)13(15)20-9/h3-7,16-17H,2,8H2,1H3. The number of hydrogen-bond donors (Lipinski definition) is 2. The third-order valence-corrected chi connectivity index (χ3v) is 5.97. The summed E-state index contributed by atoms with van der Waals surface area (Å²) >= 11 is 6.60. The van der Waals surface area contributed by atoms with Crippen LogP contribution in [0.25, 0.3) is 0 Å². The quantitative estimate of drug-likeness (QED) is 0.722. The van der Waals surface area contributed by atoms with E-state index in [4.69, 9.17) is 4.42 Å². The lowest BCUT2D eigenvalue weighted by atomic mass is 10.3. The highest BCUT2D eigenvalue weighted by molar-refractivity contribution is 9.13. The molecule has 0 radical (unpaired) electrons. The maximum Gasteiger partial charge on any atom is 0.242 e. The molecule has 0 spiro atoms. The summed E-state index contributed by atoms with van der Waals surface area (Å²) in [5.74, 6) is 0.685. The molecule has 0 unspecified atom stereocenters. The highest BCUT2D eigenvalue weighted by Crippen LogP contribution is 2.28. The third-order valence-electron chi connectivity index (χ3n) is 2.66. The number of rotatable bonds is 6. The fourth-order valence-corrected chi connectivity index (χ4v) is 3.66. The molecule has 114 valence electrons. The van der Waals surface area contributed by atoms with Gasteiger partial charge in [0.1, 0.15) is 10.7 Å². The first kappa shape index (κ1) is 16.5. The van der Waals surface area contributed by atoms with Gasteiger partial charge in [-0.2, -0.15) is 0 Å². The molecular weight excluding hydrogens is 424 g/mol. The summed E-state index contributed by atoms with van der Waals surface area (Å²) in [6.45, 7) is 2.46. The second-order valence-electron chi connectivity index (χ2n) is 4.19. The summed E-state index contributed by atoms with van der Waals surface area (Å²) in [5.41, 5.74) is 0.530. The van der Waals surface area contributed by atoms with Crippen molar-refractivity contribution in [3.05, 3.63) is 45.2 Å². The van der Waals surface area contributed by atoms with Crippen LogP contribution in [-0.4, -0.2) is 15.0 Å². The fourth-order valence-electron chi connectivity index (χ4n) is 1.78. The summed E-state index contributed by atoms with van der Waals surface area (Å²) in [7, 11) is -3.51. The van der Waals surface area contributed by atoms with E-state index in [9.17, 15) is 8.42 Å². The number of benzene rings is 1. The van der Waals surface area contributed by atoms with E-state index in [0.717, 1.165) is 4.47 Å². The minimum atomic E-state index is -3.51. The molecule has 2 N–H and O–H groups in total. The van der Waals surface area contributed by atoms with Crippen LogP contribution < -0.4 is 10.0 Å². The van der Waals surface area contributed by atoms with Gasteiger partial charge >= 0.3 is 0 Å². The third kappa shape index (κ3) is 4.09. The van der Waals surface area contributed by atoms with E-state index >= 15 is 0 Å². The molecule has 0 aliphatic carbocycles. The second kappa shape index (κ2) is 6.95. The van der Waals surface area contributed by atoms with E-state index in [1.165, 1.54) is 0 Å². The molecule has 1 aromatic heterocycles. The van der Waals surface area contributed by atoms with Gasteiger partial charge in [0.15, 0.2) is 4.67 Å². The molecule has 2 aromatic rings. The van der Waals surface area contributed by atoms with Crippen LogP contribution in [0.4, 0.5) is 5.69 Å². The van der Waals surface area contributed by atoms with Gasteiger partial charge in [0, 0.05) is 6.54 Å². The van der Waals surface area contributed by atoms with Crippen LogP contribution in [0.15, 0.2) is 48.8 Å². The maximum atomic E-state index is 12.1. The van der Waals surface area contributed by atoms with E-state index in [-0.39, 0.29) is 4.90 Å². The van der Waals surface area contributed by atoms with Gasteiger partial charge in [-0.3, -0.25) is 0 Å². The Labute approximate surface area is 140 Å². The van der Waals surface area contributed by atoms with Gasteiger partial charge in [0.2, 0.25) is 10.0 Å². The molecular formula is C13H14Br2N2O3S. The van der Waals surface area contributed by atoms with Crippen molar-refractivity contribution >= 4 is 47.6 Å². The van der Waals surface area contributed by atoms with E-state index in [2.05, 4.69) is 41.9 Å². The number of anilines is 1. The number of hydrogen-bond acceptors (Lipinski definition) is 4. The van der Waals surface area contributed by atoms with Gasteiger partial charge in [0.25, 0.3) is 0 Å². The first-order valence-electron chi connectivity index (χ1n) is 6.20. The lowest BCUT2D eigenvalue weighted by Gasteiger charge is -2.11. The molecule has 5 nitrogen and oxygen atoms in total. The minimum absolute atomic E-state index is 0.219. The maximum absolute atomic E-state index is 12.1. The van der Waals surface area contributed by atoms with Crippen molar-refractivity contribution in [1.82, 2.24) is 4.72 Å². The number of para-hydroxylation sites is 1. The lowest BCUT2D eigenvalue weighted by Crippen LogP contribution is -2.24. The highest BCUT2D eigenvalue weighted by Gasteiger charge is 2.17. The van der Waals surface area contributed by atoms with Gasteiger partial charge in [-0.05, 0) is 50.1 Å². The molecule has 1 aromatic carbocycles. The molecule has 0 aliphatic heterocycles. The molecule has 2 rings (SSSR count). The molecule has 8 heteroatoms. The average Bonchev–Trinajstić information content (AvgIpc) is 2.76. The molecule has 0 fully saturated rings. The molecule has 0 atom stereocenters. The van der Waals surface area contributed by atoms with Crippen LogP contribution in [-0.2, 0) is 16.6 Å². The largest absolute Gasteiger partial charge is 0.451 e. The summed E-state index contributed by atoms with van der Waals surface area (Å²) in [4.78, 5) is 0.219. The molecule has 0 saturated heterocycles. The van der Waals surface area contributed by atoms with Crippen molar-refractivity contribution < 1.29 is 12.8 Å². The normalized spacial score (nSPS) is 11.6. The molecule has 0 amide bonds. The van der Waals surface area contributed by atoms with Crippen LogP contribution in [0, 0.1) is 0 Å². The summed E-state index contributed by atoms with van der Waals surface area (Å²) < 4.78 is 33.6. The predicted octanol–water partition coefficient (Wildman–Crippen LogP) is 3.71. The number of halogens is 2. The lowest BCUT2D eigenvalue weighted by molar-refractivity contribution is 0.494. The van der Waals surface area contributed by atoms with E-state index in [1.807, 2.05) is 6.07 Å². The van der Waals surface area contributed by atoms with Crippen LogP contribution in [0.5, 0.6) is 0 Å².